The van der Waals surface area contributed by atoms with Gasteiger partial charge in [-0.2, -0.15) is 0 Å². The van der Waals surface area contributed by atoms with Gasteiger partial charge in [-0.15, -0.1) is 11.8 Å². The van der Waals surface area contributed by atoms with Gasteiger partial charge in [0.05, 0.1) is 18.1 Å². The van der Waals surface area contributed by atoms with Crippen LogP contribution in [0, 0.1) is 0 Å². The van der Waals surface area contributed by atoms with E-state index in [1.54, 1.807) is 31.0 Å². The Balaban J connectivity index is 1.07. The van der Waals surface area contributed by atoms with Gasteiger partial charge in [-0.1, -0.05) is 0 Å². The number of likely N-dealkylation sites (tertiary alicyclic amines) is 1. The van der Waals surface area contributed by atoms with Gasteiger partial charge in [0.15, 0.2) is 18.2 Å². The van der Waals surface area contributed by atoms with Crippen molar-refractivity contribution < 1.29 is 19.1 Å². The van der Waals surface area contributed by atoms with Crippen LogP contribution in [0.2, 0.25) is 0 Å². The van der Waals surface area contributed by atoms with Crippen LogP contribution in [0.5, 0.6) is 11.6 Å². The number of pyridine rings is 3. The number of nitrogens with zero attached hydrogens (tertiary/aromatic N) is 4. The zero-order valence-corrected chi connectivity index (χ0v) is 20.1. The van der Waals surface area contributed by atoms with Crippen LogP contribution in [0.3, 0.4) is 0 Å². The van der Waals surface area contributed by atoms with Crippen molar-refractivity contribution in [1.29, 1.82) is 0 Å². The Morgan fingerprint density at radius 3 is 2.91 bits per heavy atom. The largest absolute Gasteiger partial charge is 0.481 e. The molecule has 0 unspecified atom stereocenters. The molecule has 3 aromatic heterocycles. The molecular weight excluding hydrogens is 468 g/mol. The number of carbonyl (C=O) groups excluding carboxylic acids is 2. The van der Waals surface area contributed by atoms with Crippen molar-refractivity contribution in [2.45, 2.75) is 23.8 Å². The molecule has 5 rings (SSSR count). The fourth-order valence-electron chi connectivity index (χ4n) is 4.11. The smallest absolute Gasteiger partial charge is 0.270 e. The van der Waals surface area contributed by atoms with Gasteiger partial charge in [-0.3, -0.25) is 14.6 Å². The molecule has 2 aliphatic rings. The van der Waals surface area contributed by atoms with Crippen molar-refractivity contribution in [3.63, 3.8) is 0 Å². The molecule has 2 amide bonds. The maximum atomic E-state index is 12.7. The topological polar surface area (TPSA) is 119 Å². The molecule has 1 fully saturated rings. The van der Waals surface area contributed by atoms with E-state index < -0.39 is 0 Å². The summed E-state index contributed by atoms with van der Waals surface area (Å²) in [5.41, 5.74) is 1.95. The van der Waals surface area contributed by atoms with Crippen LogP contribution in [0.1, 0.15) is 23.3 Å². The minimum atomic E-state index is -0.276. The van der Waals surface area contributed by atoms with Crippen molar-refractivity contribution in [3.8, 4) is 11.6 Å². The monoisotopic (exact) mass is 494 g/mol. The third kappa shape index (κ3) is 5.63. The summed E-state index contributed by atoms with van der Waals surface area (Å²) < 4.78 is 10.5. The number of piperidine rings is 1. The number of thioether (sulfide) groups is 1. The quantitative estimate of drug-likeness (QED) is 0.477. The summed E-state index contributed by atoms with van der Waals surface area (Å²) in [4.78, 5) is 40.8. The number of ether oxygens (including phenoxy) is 2. The highest BCUT2D eigenvalue weighted by Crippen LogP contribution is 2.26. The average molecular weight is 495 g/mol. The predicted octanol–water partition coefficient (Wildman–Crippen LogP) is 2.35. The van der Waals surface area contributed by atoms with Crippen LogP contribution in [-0.2, 0) is 4.79 Å². The molecule has 10 nitrogen and oxygen atoms in total. The molecule has 35 heavy (non-hydrogen) atoms. The van der Waals surface area contributed by atoms with E-state index in [9.17, 15) is 9.59 Å². The number of aromatic nitrogens is 3. The number of carbonyl (C=O) groups is 2. The van der Waals surface area contributed by atoms with E-state index in [2.05, 4.69) is 30.5 Å². The zero-order chi connectivity index (χ0) is 24.2. The molecule has 0 aromatic carbocycles. The molecule has 11 heteroatoms. The van der Waals surface area contributed by atoms with E-state index in [1.807, 2.05) is 24.4 Å². The van der Waals surface area contributed by atoms with Gasteiger partial charge >= 0.3 is 0 Å². The summed E-state index contributed by atoms with van der Waals surface area (Å²) in [5, 5.41) is 5.70. The number of fused-ring (bicyclic) bond motifs is 2. The Morgan fingerprint density at radius 2 is 2.09 bits per heavy atom. The summed E-state index contributed by atoms with van der Waals surface area (Å²) in [5.74, 6) is 1.78. The maximum absolute atomic E-state index is 12.7. The SMILES string of the molecule is COc1ccc2ncc(SCCN3CCC(NC(=O)c4ccc5c(n4)NC(=O)CO5)CC3)cc2n1. The molecule has 5 heterocycles. The molecule has 182 valence electrons. The second-order valence-electron chi connectivity index (χ2n) is 8.38. The average Bonchev–Trinajstić information content (AvgIpc) is 2.88. The molecule has 0 saturated carbocycles. The van der Waals surface area contributed by atoms with Gasteiger partial charge in [0.25, 0.3) is 11.8 Å². The van der Waals surface area contributed by atoms with Crippen molar-refractivity contribution in [2.24, 2.45) is 0 Å². The van der Waals surface area contributed by atoms with E-state index in [1.165, 1.54) is 0 Å². The predicted molar refractivity (Wildman–Crippen MR) is 132 cm³/mol. The van der Waals surface area contributed by atoms with Crippen molar-refractivity contribution >= 4 is 40.4 Å². The first kappa shape index (κ1) is 23.3. The second kappa shape index (κ2) is 10.4. The molecule has 2 N–H and O–H groups in total. The first-order chi connectivity index (χ1) is 17.1. The highest BCUT2D eigenvalue weighted by molar-refractivity contribution is 7.99. The lowest BCUT2D eigenvalue weighted by Crippen LogP contribution is -2.45. The normalized spacial score (nSPS) is 16.3. The summed E-state index contributed by atoms with van der Waals surface area (Å²) in [7, 11) is 1.61. The molecule has 0 atom stereocenters. The van der Waals surface area contributed by atoms with Crippen molar-refractivity contribution in [3.05, 3.63) is 42.2 Å². The van der Waals surface area contributed by atoms with Gasteiger partial charge in [-0.25, -0.2) is 9.97 Å². The van der Waals surface area contributed by atoms with Crippen LogP contribution in [-0.4, -0.2) is 76.8 Å². The Labute approximate surface area is 206 Å². The van der Waals surface area contributed by atoms with Crippen molar-refractivity contribution in [2.75, 3.05) is 44.4 Å². The number of methoxy groups -OCH3 is 1. The molecule has 2 aliphatic heterocycles. The number of amides is 2. The van der Waals surface area contributed by atoms with Gasteiger partial charge in [0, 0.05) is 48.6 Å². The molecule has 1 saturated heterocycles. The van der Waals surface area contributed by atoms with Gasteiger partial charge in [0.2, 0.25) is 5.88 Å². The number of hydrogen-bond acceptors (Lipinski definition) is 9. The lowest BCUT2D eigenvalue weighted by molar-refractivity contribution is -0.118. The number of nitrogens with one attached hydrogen (secondary N) is 2. The van der Waals surface area contributed by atoms with E-state index in [0.717, 1.165) is 54.2 Å². The van der Waals surface area contributed by atoms with Crippen LogP contribution in [0.15, 0.2) is 41.4 Å². The molecule has 3 aromatic rings. The molecule has 0 aliphatic carbocycles. The van der Waals surface area contributed by atoms with Gasteiger partial charge in [-0.05, 0) is 37.1 Å². The summed E-state index contributed by atoms with van der Waals surface area (Å²) in [6, 6.07) is 9.14. The summed E-state index contributed by atoms with van der Waals surface area (Å²) in [6.07, 6.45) is 3.64. The van der Waals surface area contributed by atoms with E-state index in [4.69, 9.17) is 9.47 Å². The Morgan fingerprint density at radius 1 is 1.23 bits per heavy atom. The lowest BCUT2D eigenvalue weighted by atomic mass is 10.0. The molecule has 0 bridgehead atoms. The van der Waals surface area contributed by atoms with E-state index in [0.29, 0.717) is 11.6 Å². The fraction of sp³-hybridized carbons (Fsp3) is 0.375. The Bertz CT molecular complexity index is 1250. The van der Waals surface area contributed by atoms with Crippen LogP contribution < -0.4 is 20.1 Å². The highest BCUT2D eigenvalue weighted by atomic mass is 32.2. The zero-order valence-electron chi connectivity index (χ0n) is 19.3. The second-order valence-corrected chi connectivity index (χ2v) is 9.55. The van der Waals surface area contributed by atoms with Crippen LogP contribution >= 0.6 is 11.8 Å². The number of hydrogen-bond donors (Lipinski definition) is 2. The maximum Gasteiger partial charge on any atom is 0.270 e. The lowest BCUT2D eigenvalue weighted by Gasteiger charge is -2.32. The summed E-state index contributed by atoms with van der Waals surface area (Å²) >= 11 is 1.76. The Hall–Kier alpha value is -3.44. The summed E-state index contributed by atoms with van der Waals surface area (Å²) in [6.45, 7) is 2.76. The van der Waals surface area contributed by atoms with Gasteiger partial charge in [0.1, 0.15) is 5.69 Å². The molecule has 0 spiro atoms. The number of rotatable bonds is 7. The number of anilines is 1. The van der Waals surface area contributed by atoms with E-state index >= 15 is 0 Å². The third-order valence-electron chi connectivity index (χ3n) is 6.00. The molecule has 0 radical (unpaired) electrons. The van der Waals surface area contributed by atoms with Crippen LogP contribution in [0.25, 0.3) is 11.0 Å². The highest BCUT2D eigenvalue weighted by Gasteiger charge is 2.23. The standard InChI is InChI=1S/C24H26N6O4S/c1-33-22-5-3-17-19(27-22)12-16(13-25-17)35-11-10-30-8-6-15(7-9-30)26-24(32)18-2-4-20-23(28-18)29-21(31)14-34-20/h2-5,12-13,15H,6-11,14H2,1H3,(H,26,32)(H,28,29,31). The first-order valence-electron chi connectivity index (χ1n) is 11.5. The Kier molecular flexibility index (Phi) is 6.96. The minimum absolute atomic E-state index is 0.0388. The van der Waals surface area contributed by atoms with Crippen LogP contribution in [0.4, 0.5) is 5.82 Å². The van der Waals surface area contributed by atoms with Crippen molar-refractivity contribution in [1.82, 2.24) is 25.2 Å². The van der Waals surface area contributed by atoms with E-state index in [-0.39, 0.29) is 36.0 Å². The third-order valence-corrected chi connectivity index (χ3v) is 6.95. The van der Waals surface area contributed by atoms with Gasteiger partial charge < -0.3 is 25.0 Å². The molecular formula is C24H26N6O4S. The fourth-order valence-corrected chi connectivity index (χ4v) is 5.01. The first-order valence-corrected chi connectivity index (χ1v) is 12.5. The minimum Gasteiger partial charge on any atom is -0.481 e.